The highest BCUT2D eigenvalue weighted by Crippen LogP contribution is 2.59. The number of nitrogens with one attached hydrogen (secondary N) is 3. The van der Waals surface area contributed by atoms with Gasteiger partial charge in [0.1, 0.15) is 23.4 Å². The highest BCUT2D eigenvalue weighted by atomic mass is 32.2. The van der Waals surface area contributed by atoms with Crippen molar-refractivity contribution in [1.82, 2.24) is 14.9 Å². The van der Waals surface area contributed by atoms with Crippen LogP contribution in [0.25, 0.3) is 0 Å². The summed E-state index contributed by atoms with van der Waals surface area (Å²) in [6.45, 7) is -0.296. The number of nitrogens with two attached hydrogens (primary N) is 1. The molecule has 4 aromatic carbocycles. The summed E-state index contributed by atoms with van der Waals surface area (Å²) in [5, 5.41) is 10.6. The van der Waals surface area contributed by atoms with Crippen molar-refractivity contribution in [3.63, 3.8) is 0 Å². The van der Waals surface area contributed by atoms with E-state index in [9.17, 15) is 22.6 Å². The molecule has 1 unspecified atom stereocenters. The zero-order valence-electron chi connectivity index (χ0n) is 25.9. The van der Waals surface area contributed by atoms with E-state index in [-0.39, 0.29) is 29.6 Å². The number of hydrogen-bond donors (Lipinski definition) is 4. The van der Waals surface area contributed by atoms with E-state index in [0.29, 0.717) is 29.5 Å². The minimum absolute atomic E-state index is 0.175. The lowest BCUT2D eigenvalue weighted by molar-refractivity contribution is -0.137. The quantitative estimate of drug-likeness (QED) is 0.0846. The van der Waals surface area contributed by atoms with Crippen LogP contribution in [0.1, 0.15) is 35.3 Å². The Morgan fingerprint density at radius 1 is 0.875 bits per heavy atom. The molecule has 1 aliphatic heterocycles. The maximum atomic E-state index is 14.9. The average molecular weight is 690 g/mol. The predicted octanol–water partition coefficient (Wildman–Crippen LogP) is 4.55. The van der Waals surface area contributed by atoms with Crippen molar-refractivity contribution in [2.75, 3.05) is 13.1 Å². The SMILES string of the molecule is N=C(N)c1ccc(C(NC(=O)[C@@H]2CCCN2C(=O)CNS(=O)(=O)Cc2ccccc2)P(=O)(Oc2ccccc2)Oc2ccccc2)cc1. The van der Waals surface area contributed by atoms with E-state index < -0.39 is 47.8 Å². The first-order chi connectivity index (χ1) is 23.0. The third-order valence-corrected chi connectivity index (χ3v) is 10.9. The molecule has 14 heteroatoms. The number of amides is 2. The third-order valence-electron chi connectivity index (χ3n) is 7.60. The maximum Gasteiger partial charge on any atom is 0.457 e. The first-order valence-corrected chi connectivity index (χ1v) is 18.4. The van der Waals surface area contributed by atoms with Crippen molar-refractivity contribution in [2.24, 2.45) is 5.73 Å². The van der Waals surface area contributed by atoms with E-state index in [2.05, 4.69) is 10.0 Å². The fourth-order valence-corrected chi connectivity index (χ4v) is 8.24. The van der Waals surface area contributed by atoms with Gasteiger partial charge < -0.3 is 25.0 Å². The molecule has 0 aliphatic carbocycles. The first kappa shape index (κ1) is 34.4. The number of nitrogens with zero attached hydrogens (tertiary/aromatic N) is 1. The fraction of sp³-hybridized carbons (Fsp3) is 0.206. The summed E-state index contributed by atoms with van der Waals surface area (Å²) in [5.74, 6) is -2.57. The van der Waals surface area contributed by atoms with E-state index in [0.717, 1.165) is 0 Å². The number of sulfonamides is 1. The molecule has 1 heterocycles. The second-order valence-electron chi connectivity index (χ2n) is 11.1. The molecule has 0 bridgehead atoms. The molecule has 5 N–H and O–H groups in total. The highest BCUT2D eigenvalue weighted by molar-refractivity contribution is 7.88. The molecule has 2 atom stereocenters. The predicted molar refractivity (Wildman–Crippen MR) is 182 cm³/mol. The summed E-state index contributed by atoms with van der Waals surface area (Å²) in [6.07, 6.45) is 0.797. The Morgan fingerprint density at radius 2 is 1.42 bits per heavy atom. The molecular formula is C34H36N5O7PS. The van der Waals surface area contributed by atoms with Crippen LogP contribution in [0.3, 0.4) is 0 Å². The Morgan fingerprint density at radius 3 is 1.96 bits per heavy atom. The van der Waals surface area contributed by atoms with Crippen LogP contribution in [0, 0.1) is 5.41 Å². The molecule has 12 nitrogen and oxygen atoms in total. The summed E-state index contributed by atoms with van der Waals surface area (Å²) in [7, 11) is -8.18. The molecule has 48 heavy (non-hydrogen) atoms. The van der Waals surface area contributed by atoms with E-state index >= 15 is 0 Å². The number of carbonyl (C=O) groups excluding carboxylic acids is 2. The van der Waals surface area contributed by atoms with Gasteiger partial charge in [0, 0.05) is 12.1 Å². The molecule has 5 rings (SSSR count). The van der Waals surface area contributed by atoms with Gasteiger partial charge in [-0.1, -0.05) is 91.0 Å². The van der Waals surface area contributed by atoms with Crippen molar-refractivity contribution in [1.29, 1.82) is 5.41 Å². The Kier molecular flexibility index (Phi) is 10.9. The Labute approximate surface area is 279 Å². The van der Waals surface area contributed by atoms with Gasteiger partial charge in [-0.15, -0.1) is 0 Å². The summed E-state index contributed by atoms with van der Waals surface area (Å²) in [6, 6.07) is 30.6. The van der Waals surface area contributed by atoms with Crippen molar-refractivity contribution >= 4 is 35.3 Å². The third kappa shape index (κ3) is 8.88. The molecule has 4 aromatic rings. The number of hydrogen-bond acceptors (Lipinski definition) is 8. The van der Waals surface area contributed by atoms with Crippen molar-refractivity contribution in [3.05, 3.63) is 132 Å². The summed E-state index contributed by atoms with van der Waals surface area (Å²) >= 11 is 0. The number of likely N-dealkylation sites (tertiary alicyclic amines) is 1. The standard InChI is InChI=1S/C34H36N5O7PS/c35-32(36)26-18-20-27(21-19-26)34(47(42,45-28-13-6-2-7-14-28)46-29-15-8-3-9-16-29)38-33(41)30-17-10-22-39(30)31(40)23-37-48(43,44)24-25-11-4-1-5-12-25/h1-9,11-16,18-21,30,34,37H,10,17,22-24H2,(H3,35,36)(H,38,41)/t30-,34?/m0/s1. The highest BCUT2D eigenvalue weighted by Gasteiger charge is 2.44. The number of nitrogen functional groups attached to an aromatic ring is 1. The van der Waals surface area contributed by atoms with E-state index in [1.54, 1.807) is 115 Å². The van der Waals surface area contributed by atoms with Crippen LogP contribution >= 0.6 is 7.60 Å². The largest absolute Gasteiger partial charge is 0.457 e. The second-order valence-corrected chi connectivity index (χ2v) is 14.9. The molecule has 0 radical (unpaired) electrons. The molecule has 250 valence electrons. The Hall–Kier alpha value is -4.97. The second kappa shape index (κ2) is 15.3. The minimum Gasteiger partial charge on any atom is -0.414 e. The number of carbonyl (C=O) groups is 2. The summed E-state index contributed by atoms with van der Waals surface area (Å²) in [5.41, 5.74) is 6.98. The molecule has 0 saturated carbocycles. The van der Waals surface area contributed by atoms with Crippen LogP contribution in [-0.4, -0.2) is 50.1 Å². The molecule has 1 fully saturated rings. The zero-order chi connectivity index (χ0) is 34.1. The molecule has 2 amide bonds. The monoisotopic (exact) mass is 689 g/mol. The van der Waals surface area contributed by atoms with E-state index in [1.807, 2.05) is 0 Å². The smallest absolute Gasteiger partial charge is 0.414 e. The number of amidine groups is 1. The lowest BCUT2D eigenvalue weighted by atomic mass is 10.1. The minimum atomic E-state index is -4.35. The average Bonchev–Trinajstić information content (AvgIpc) is 3.58. The van der Waals surface area contributed by atoms with Crippen molar-refractivity contribution in [2.45, 2.75) is 30.4 Å². The molecule has 0 spiro atoms. The van der Waals surface area contributed by atoms with Gasteiger partial charge in [0.15, 0.2) is 5.78 Å². The summed E-state index contributed by atoms with van der Waals surface area (Å²) < 4.78 is 54.7. The maximum absolute atomic E-state index is 14.9. The Bertz CT molecular complexity index is 1830. The lowest BCUT2D eigenvalue weighted by Crippen LogP contribution is -2.49. The van der Waals surface area contributed by atoms with Crippen LogP contribution < -0.4 is 24.8 Å². The topological polar surface area (TPSA) is 181 Å². The van der Waals surface area contributed by atoms with Gasteiger partial charge in [0.05, 0.1) is 12.3 Å². The van der Waals surface area contributed by atoms with Gasteiger partial charge in [-0.3, -0.25) is 15.0 Å². The van der Waals surface area contributed by atoms with E-state index in [4.69, 9.17) is 20.2 Å². The van der Waals surface area contributed by atoms with Crippen LogP contribution in [0.5, 0.6) is 11.5 Å². The van der Waals surface area contributed by atoms with Crippen LogP contribution in [-0.2, 0) is 29.9 Å². The lowest BCUT2D eigenvalue weighted by Gasteiger charge is -2.31. The van der Waals surface area contributed by atoms with E-state index in [1.165, 1.54) is 4.90 Å². The van der Waals surface area contributed by atoms with Gasteiger partial charge in [0.25, 0.3) is 0 Å². The number of benzene rings is 4. The normalized spacial score (nSPS) is 15.3. The molecule has 1 saturated heterocycles. The van der Waals surface area contributed by atoms with Crippen LogP contribution in [0.4, 0.5) is 0 Å². The van der Waals surface area contributed by atoms with Gasteiger partial charge in [-0.25, -0.2) is 17.7 Å². The van der Waals surface area contributed by atoms with Crippen molar-refractivity contribution < 1.29 is 31.6 Å². The fourth-order valence-electron chi connectivity index (χ4n) is 5.26. The number of rotatable bonds is 14. The molecule has 0 aromatic heterocycles. The summed E-state index contributed by atoms with van der Waals surface area (Å²) in [4.78, 5) is 28.6. The van der Waals surface area contributed by atoms with Crippen LogP contribution in [0.15, 0.2) is 115 Å². The molecule has 1 aliphatic rings. The van der Waals surface area contributed by atoms with Gasteiger partial charge in [0.2, 0.25) is 21.8 Å². The zero-order valence-corrected chi connectivity index (χ0v) is 27.6. The number of para-hydroxylation sites is 2. The van der Waals surface area contributed by atoms with Gasteiger partial charge >= 0.3 is 7.60 Å². The van der Waals surface area contributed by atoms with Gasteiger partial charge in [-0.05, 0) is 48.2 Å². The van der Waals surface area contributed by atoms with Crippen LogP contribution in [0.2, 0.25) is 0 Å². The van der Waals surface area contributed by atoms with Crippen molar-refractivity contribution in [3.8, 4) is 11.5 Å². The molecular weight excluding hydrogens is 653 g/mol. The first-order valence-electron chi connectivity index (χ1n) is 15.2. The Balaban J connectivity index is 1.40. The van der Waals surface area contributed by atoms with Gasteiger partial charge in [-0.2, -0.15) is 0 Å².